The van der Waals surface area contributed by atoms with Crippen LogP contribution in [0.25, 0.3) is 11.4 Å². The molecule has 0 bridgehead atoms. The summed E-state index contributed by atoms with van der Waals surface area (Å²) in [5, 5.41) is 7.43. The van der Waals surface area contributed by atoms with Crippen LogP contribution in [-0.2, 0) is 21.4 Å². The monoisotopic (exact) mass is 488 g/mol. The van der Waals surface area contributed by atoms with Gasteiger partial charge in [0.1, 0.15) is 0 Å². The van der Waals surface area contributed by atoms with Crippen molar-refractivity contribution in [2.75, 3.05) is 13.1 Å². The first kappa shape index (κ1) is 23.4. The van der Waals surface area contributed by atoms with Crippen LogP contribution in [0.4, 0.5) is 0 Å². The van der Waals surface area contributed by atoms with Gasteiger partial charge in [-0.2, -0.15) is 9.29 Å². The summed E-state index contributed by atoms with van der Waals surface area (Å²) in [6, 6.07) is 12.3. The standard InChI is InChI=1S/C23H25ClN4O4S/c1-15-5-8-18(22-26-16(2)32-27-22)12-21(15)33(30,31)28-11-3-4-19(14-28)23(29)25-13-17-6-9-20(24)10-7-17/h5-10,12,19H,3-4,11,13-14H2,1-2H3,(H,25,29)/t19-/m0/s1. The van der Waals surface area contributed by atoms with Gasteiger partial charge in [0.15, 0.2) is 0 Å². The Kier molecular flexibility index (Phi) is 6.83. The van der Waals surface area contributed by atoms with Gasteiger partial charge in [-0.1, -0.05) is 41.0 Å². The molecule has 0 saturated carbocycles. The zero-order valence-corrected chi connectivity index (χ0v) is 20.0. The first-order chi connectivity index (χ1) is 15.7. The van der Waals surface area contributed by atoms with Gasteiger partial charge in [0.05, 0.1) is 10.8 Å². The molecular weight excluding hydrogens is 464 g/mol. The number of nitrogens with zero attached hydrogens (tertiary/aromatic N) is 3. The summed E-state index contributed by atoms with van der Waals surface area (Å²) in [6.45, 7) is 4.30. The highest BCUT2D eigenvalue weighted by atomic mass is 35.5. The summed E-state index contributed by atoms with van der Waals surface area (Å²) < 4.78 is 33.4. The van der Waals surface area contributed by atoms with E-state index in [1.165, 1.54) is 4.31 Å². The van der Waals surface area contributed by atoms with Gasteiger partial charge in [-0.3, -0.25) is 4.79 Å². The number of carbonyl (C=O) groups is 1. The van der Waals surface area contributed by atoms with E-state index < -0.39 is 15.9 Å². The Balaban J connectivity index is 1.49. The van der Waals surface area contributed by atoms with Crippen molar-refractivity contribution in [2.24, 2.45) is 5.92 Å². The summed E-state index contributed by atoms with van der Waals surface area (Å²) in [6.07, 6.45) is 1.25. The molecule has 1 fully saturated rings. The molecule has 1 atom stereocenters. The highest BCUT2D eigenvalue weighted by Gasteiger charge is 2.34. The molecule has 1 aliphatic heterocycles. The SMILES string of the molecule is Cc1nc(-c2ccc(C)c(S(=O)(=O)N3CCC[C@H](C(=O)NCc4ccc(Cl)cc4)C3)c2)no1. The molecule has 8 nitrogen and oxygen atoms in total. The fourth-order valence-corrected chi connectivity index (χ4v) is 5.78. The molecule has 174 valence electrons. The Morgan fingerprint density at radius 2 is 1.97 bits per heavy atom. The van der Waals surface area contributed by atoms with E-state index in [1.807, 2.05) is 12.1 Å². The lowest BCUT2D eigenvalue weighted by Crippen LogP contribution is -2.45. The number of aryl methyl sites for hydroxylation is 2. The Labute approximate surface area is 198 Å². The zero-order valence-electron chi connectivity index (χ0n) is 18.4. The largest absolute Gasteiger partial charge is 0.352 e. The molecule has 0 radical (unpaired) electrons. The second-order valence-corrected chi connectivity index (χ2v) is 10.5. The van der Waals surface area contributed by atoms with E-state index in [0.717, 1.165) is 5.56 Å². The number of hydrogen-bond acceptors (Lipinski definition) is 6. The number of nitrogens with one attached hydrogen (secondary N) is 1. The molecule has 2 heterocycles. The van der Waals surface area contributed by atoms with E-state index in [2.05, 4.69) is 15.5 Å². The predicted octanol–water partition coefficient (Wildman–Crippen LogP) is 3.72. The lowest BCUT2D eigenvalue weighted by molar-refractivity contribution is -0.126. The minimum atomic E-state index is -3.80. The molecular formula is C23H25ClN4O4S. The molecule has 0 aliphatic carbocycles. The van der Waals surface area contributed by atoms with Crippen LogP contribution in [-0.4, -0.2) is 41.9 Å². The van der Waals surface area contributed by atoms with Crippen molar-refractivity contribution in [3.8, 4) is 11.4 Å². The van der Waals surface area contributed by atoms with Gasteiger partial charge in [0, 0.05) is 37.1 Å². The smallest absolute Gasteiger partial charge is 0.243 e. The van der Waals surface area contributed by atoms with Crippen LogP contribution in [0.5, 0.6) is 0 Å². The van der Waals surface area contributed by atoms with Crippen molar-refractivity contribution in [1.82, 2.24) is 19.8 Å². The van der Waals surface area contributed by atoms with Crippen molar-refractivity contribution < 1.29 is 17.7 Å². The van der Waals surface area contributed by atoms with Gasteiger partial charge in [-0.15, -0.1) is 0 Å². The van der Waals surface area contributed by atoms with Gasteiger partial charge < -0.3 is 9.84 Å². The van der Waals surface area contributed by atoms with Crippen LogP contribution < -0.4 is 5.32 Å². The average molecular weight is 489 g/mol. The summed E-state index contributed by atoms with van der Waals surface area (Å²) in [5.41, 5.74) is 2.11. The number of halogens is 1. The van der Waals surface area contributed by atoms with Crippen molar-refractivity contribution in [2.45, 2.75) is 38.1 Å². The fourth-order valence-electron chi connectivity index (χ4n) is 3.88. The molecule has 10 heteroatoms. The van der Waals surface area contributed by atoms with Gasteiger partial charge in [-0.25, -0.2) is 8.42 Å². The molecule has 0 spiro atoms. The number of benzene rings is 2. The number of carbonyl (C=O) groups excluding carboxylic acids is 1. The minimum absolute atomic E-state index is 0.139. The molecule has 4 rings (SSSR count). The van der Waals surface area contributed by atoms with Crippen LogP contribution in [0.2, 0.25) is 5.02 Å². The second kappa shape index (κ2) is 9.62. The van der Waals surface area contributed by atoms with Crippen LogP contribution in [0, 0.1) is 19.8 Å². The Morgan fingerprint density at radius 3 is 2.67 bits per heavy atom. The van der Waals surface area contributed by atoms with Gasteiger partial charge in [-0.05, 0) is 49.1 Å². The quantitative estimate of drug-likeness (QED) is 0.566. The Morgan fingerprint density at radius 1 is 1.21 bits per heavy atom. The number of sulfonamides is 1. The van der Waals surface area contributed by atoms with Crippen molar-refractivity contribution in [3.05, 3.63) is 64.5 Å². The van der Waals surface area contributed by atoms with E-state index in [0.29, 0.717) is 53.8 Å². The first-order valence-corrected chi connectivity index (χ1v) is 12.5. The summed E-state index contributed by atoms with van der Waals surface area (Å²) in [7, 11) is -3.80. The van der Waals surface area contributed by atoms with Crippen LogP contribution >= 0.6 is 11.6 Å². The summed E-state index contributed by atoms with van der Waals surface area (Å²) in [5.74, 6) is 0.169. The topological polar surface area (TPSA) is 105 Å². The number of piperidine rings is 1. The molecule has 1 amide bonds. The van der Waals surface area contributed by atoms with Gasteiger partial charge >= 0.3 is 0 Å². The molecule has 33 heavy (non-hydrogen) atoms. The summed E-state index contributed by atoms with van der Waals surface area (Å²) >= 11 is 5.90. The van der Waals surface area contributed by atoms with E-state index in [4.69, 9.17) is 16.1 Å². The third kappa shape index (κ3) is 5.26. The molecule has 1 aliphatic rings. The van der Waals surface area contributed by atoms with Crippen molar-refractivity contribution in [1.29, 1.82) is 0 Å². The van der Waals surface area contributed by atoms with Crippen molar-refractivity contribution >= 4 is 27.5 Å². The maximum Gasteiger partial charge on any atom is 0.243 e. The molecule has 3 aromatic rings. The number of hydrogen-bond donors (Lipinski definition) is 1. The van der Waals surface area contributed by atoms with Crippen LogP contribution in [0.1, 0.15) is 29.9 Å². The number of amides is 1. The first-order valence-electron chi connectivity index (χ1n) is 10.7. The molecule has 1 saturated heterocycles. The van der Waals surface area contributed by atoms with Gasteiger partial charge in [0.25, 0.3) is 0 Å². The maximum atomic E-state index is 13.5. The average Bonchev–Trinajstić information content (AvgIpc) is 3.25. The van der Waals surface area contributed by atoms with E-state index in [9.17, 15) is 13.2 Å². The lowest BCUT2D eigenvalue weighted by atomic mass is 9.99. The van der Waals surface area contributed by atoms with Crippen molar-refractivity contribution in [3.63, 3.8) is 0 Å². The normalized spacial score (nSPS) is 17.1. The molecule has 1 aromatic heterocycles. The third-order valence-corrected chi connectivity index (χ3v) is 7.99. The lowest BCUT2D eigenvalue weighted by Gasteiger charge is -2.31. The highest BCUT2D eigenvalue weighted by Crippen LogP contribution is 2.29. The third-order valence-electron chi connectivity index (χ3n) is 5.73. The number of aromatic nitrogens is 2. The van der Waals surface area contributed by atoms with E-state index in [1.54, 1.807) is 44.2 Å². The van der Waals surface area contributed by atoms with Gasteiger partial charge in [0.2, 0.25) is 27.6 Å². The minimum Gasteiger partial charge on any atom is -0.352 e. The molecule has 1 N–H and O–H groups in total. The molecule has 0 unspecified atom stereocenters. The Bertz CT molecular complexity index is 1260. The van der Waals surface area contributed by atoms with E-state index in [-0.39, 0.29) is 17.3 Å². The van der Waals surface area contributed by atoms with E-state index >= 15 is 0 Å². The predicted molar refractivity (Wildman–Crippen MR) is 124 cm³/mol. The van der Waals surface area contributed by atoms with Crippen LogP contribution in [0.3, 0.4) is 0 Å². The molecule has 2 aromatic carbocycles. The highest BCUT2D eigenvalue weighted by molar-refractivity contribution is 7.89. The Hall–Kier alpha value is -2.75. The van der Waals surface area contributed by atoms with Crippen LogP contribution in [0.15, 0.2) is 51.9 Å². The fraction of sp³-hybridized carbons (Fsp3) is 0.348. The summed E-state index contributed by atoms with van der Waals surface area (Å²) in [4.78, 5) is 17.1. The maximum absolute atomic E-state index is 13.5. The zero-order chi connectivity index (χ0) is 23.6. The second-order valence-electron chi connectivity index (χ2n) is 8.16. The number of rotatable bonds is 6.